The molecule has 2 aromatic carbocycles. The van der Waals surface area contributed by atoms with Gasteiger partial charge in [0.05, 0.1) is 23.9 Å². The fraction of sp³-hybridized carbons (Fsp3) is 0.558. The largest absolute Gasteiger partial charge is 0.481 e. The molecule has 13 atom stereocenters. The summed E-state index contributed by atoms with van der Waals surface area (Å²) in [5, 5.41) is 41.5. The molecule has 3 saturated carbocycles. The summed E-state index contributed by atoms with van der Waals surface area (Å²) >= 11 is 1.27. The number of amides is 4. The van der Waals surface area contributed by atoms with Crippen LogP contribution in [-0.2, 0) is 49.5 Å². The van der Waals surface area contributed by atoms with Gasteiger partial charge in [-0.3, -0.25) is 33.6 Å². The molecular weight excluding hydrogens is 905 g/mol. The second-order valence-electron chi connectivity index (χ2n) is 19.9. The van der Waals surface area contributed by atoms with Crippen LogP contribution in [0.5, 0.6) is 0 Å². The number of ether oxygens (including phenoxy) is 2. The average Bonchev–Trinajstić information content (AvgIpc) is 3.81. The Kier molecular flexibility index (Phi) is 15.7. The number of aliphatic carboxylic acids is 1. The molecule has 16 nitrogen and oxygen atoms in total. The summed E-state index contributed by atoms with van der Waals surface area (Å²) < 4.78 is 13.4. The van der Waals surface area contributed by atoms with E-state index in [9.17, 15) is 48.9 Å². The molecule has 5 aliphatic rings. The van der Waals surface area contributed by atoms with E-state index in [1.807, 2.05) is 69.3 Å². The summed E-state index contributed by atoms with van der Waals surface area (Å²) in [6.45, 7) is 10.2. The van der Waals surface area contributed by atoms with E-state index in [-0.39, 0.29) is 54.6 Å². The van der Waals surface area contributed by atoms with Crippen LogP contribution in [0.3, 0.4) is 0 Å². The van der Waals surface area contributed by atoms with Crippen molar-refractivity contribution in [3.05, 3.63) is 89.0 Å². The second kappa shape index (κ2) is 21.0. The van der Waals surface area contributed by atoms with Gasteiger partial charge >= 0.3 is 5.97 Å². The summed E-state index contributed by atoms with van der Waals surface area (Å²) in [4.78, 5) is 88.8. The lowest BCUT2D eigenvalue weighted by Crippen LogP contribution is -2.63. The maximum absolute atomic E-state index is 14.0. The number of carboxylic acids is 1. The lowest BCUT2D eigenvalue weighted by molar-refractivity contribution is -0.201. The standard InChI is InChI=1S/C52H66N4O12S/c1-7-28(2)69-40(25-44(62)63)48(66)53-20-18-43(61)54-29(3)46(64)55-30(4)47(65)56-35-10-8-9-32(22-35)21-31-11-13-33(14-12-31)49-67-42-24-38-37-16-15-34-23-36(58)17-19-50(34,5)45(37)39(59)26-51(38,6)52(42,68-49)41(60)27-57/h8-14,17,19,22-23,28-30,37-40,42,45,49,57,59H,7,15-16,18,20-21,24-27H2,1-6H3,(H,53,66)(H,54,61)(H,55,64)(H,56,65)(H,62,63)/t28?,29-,30-,37-,38?,39-,40?,42+,45?,49+,50-,51-,52+/m0/s1. The van der Waals surface area contributed by atoms with Crippen LogP contribution in [0.4, 0.5) is 5.69 Å². The number of nitrogens with one attached hydrogen (secondary N) is 4. The Morgan fingerprint density at radius 2 is 1.67 bits per heavy atom. The highest BCUT2D eigenvalue weighted by atomic mass is 32.2. The lowest BCUT2D eigenvalue weighted by Gasteiger charge is -2.59. The summed E-state index contributed by atoms with van der Waals surface area (Å²) in [6, 6.07) is 13.0. The number of aliphatic hydroxyl groups excluding tert-OH is 2. The first-order chi connectivity index (χ1) is 32.7. The van der Waals surface area contributed by atoms with Crippen molar-refractivity contribution in [1.29, 1.82) is 0 Å². The predicted octanol–water partition coefficient (Wildman–Crippen LogP) is 4.71. The molecule has 0 spiro atoms. The van der Waals surface area contributed by atoms with Crippen molar-refractivity contribution < 1.29 is 58.4 Å². The number of thioether (sulfide) groups is 1. The van der Waals surface area contributed by atoms with Crippen molar-refractivity contribution in [3.63, 3.8) is 0 Å². The molecule has 4 fully saturated rings. The molecule has 17 heteroatoms. The van der Waals surface area contributed by atoms with E-state index in [1.165, 1.54) is 25.6 Å². The Morgan fingerprint density at radius 3 is 2.36 bits per heavy atom. The molecular formula is C52H66N4O12S. The smallest absolute Gasteiger partial charge is 0.305 e. The van der Waals surface area contributed by atoms with Crippen molar-refractivity contribution in [2.75, 3.05) is 18.5 Å². The number of hydrogen-bond acceptors (Lipinski definition) is 12. The highest BCUT2D eigenvalue weighted by Crippen LogP contribution is 2.70. The fourth-order valence-electron chi connectivity index (χ4n) is 11.8. The van der Waals surface area contributed by atoms with Gasteiger partial charge < -0.3 is 46.1 Å². The zero-order valence-electron chi connectivity index (χ0n) is 40.1. The van der Waals surface area contributed by atoms with Crippen molar-refractivity contribution in [2.24, 2.45) is 28.6 Å². The number of anilines is 1. The number of hydrogen-bond donors (Lipinski definition) is 7. The third kappa shape index (κ3) is 10.5. The minimum Gasteiger partial charge on any atom is -0.481 e. The van der Waals surface area contributed by atoms with Crippen molar-refractivity contribution in [3.8, 4) is 0 Å². The summed E-state index contributed by atoms with van der Waals surface area (Å²) in [6.07, 6.45) is 6.12. The van der Waals surface area contributed by atoms with E-state index in [2.05, 4.69) is 28.2 Å². The van der Waals surface area contributed by atoms with Crippen LogP contribution in [0.2, 0.25) is 0 Å². The second-order valence-corrected chi connectivity index (χ2v) is 21.6. The molecule has 0 radical (unpaired) electrons. The Morgan fingerprint density at radius 1 is 0.942 bits per heavy atom. The molecule has 2 aromatic rings. The molecule has 372 valence electrons. The van der Waals surface area contributed by atoms with Gasteiger partial charge in [0.15, 0.2) is 23.5 Å². The number of ketones is 2. The number of carboxylic acid groups (broad SMARTS) is 1. The van der Waals surface area contributed by atoms with E-state index in [4.69, 9.17) is 9.47 Å². The molecule has 4 amide bonds. The Labute approximate surface area is 407 Å². The maximum atomic E-state index is 14.0. The highest BCUT2D eigenvalue weighted by molar-refractivity contribution is 8.01. The summed E-state index contributed by atoms with van der Waals surface area (Å²) in [7, 11) is 0. The van der Waals surface area contributed by atoms with Gasteiger partial charge in [0.2, 0.25) is 23.6 Å². The number of carbonyl (C=O) groups excluding carboxylic acids is 6. The first-order valence-electron chi connectivity index (χ1n) is 24.1. The van der Waals surface area contributed by atoms with Crippen molar-refractivity contribution in [1.82, 2.24) is 16.0 Å². The number of aliphatic hydroxyl groups is 2. The van der Waals surface area contributed by atoms with Gasteiger partial charge in [0.1, 0.15) is 18.7 Å². The van der Waals surface area contributed by atoms with E-state index < -0.39 is 94.3 Å². The van der Waals surface area contributed by atoms with Crippen LogP contribution in [0.1, 0.15) is 109 Å². The molecule has 7 rings (SSSR count). The van der Waals surface area contributed by atoms with Crippen LogP contribution in [0, 0.1) is 28.6 Å². The van der Waals surface area contributed by atoms with Crippen LogP contribution in [0.25, 0.3) is 0 Å². The third-order valence-corrected chi connectivity index (χ3v) is 17.0. The van der Waals surface area contributed by atoms with Crippen LogP contribution >= 0.6 is 11.8 Å². The number of benzene rings is 2. The predicted molar refractivity (Wildman–Crippen MR) is 257 cm³/mol. The summed E-state index contributed by atoms with van der Waals surface area (Å²) in [5.74, 6) is -3.72. The lowest BCUT2D eigenvalue weighted by atomic mass is 9.46. The van der Waals surface area contributed by atoms with Gasteiger partial charge in [-0.05, 0) is 99.6 Å². The fourth-order valence-corrected chi connectivity index (χ4v) is 13.0. The van der Waals surface area contributed by atoms with E-state index in [1.54, 1.807) is 18.2 Å². The van der Waals surface area contributed by atoms with Gasteiger partial charge in [-0.25, -0.2) is 0 Å². The van der Waals surface area contributed by atoms with Crippen LogP contribution < -0.4 is 21.3 Å². The van der Waals surface area contributed by atoms with Gasteiger partial charge in [-0.2, -0.15) is 0 Å². The highest BCUT2D eigenvalue weighted by Gasteiger charge is 2.76. The molecule has 69 heavy (non-hydrogen) atoms. The molecule has 4 unspecified atom stereocenters. The van der Waals surface area contributed by atoms with E-state index >= 15 is 0 Å². The SMILES string of the molecule is CCC(C)SC(CC(=O)O)C(=O)NCCC(=O)N[C@@H](C)C(=O)N[C@@H](C)C(=O)Nc1cccc(Cc2ccc([C@@H]3O[C@@H]4CC5[C@@H]6CCC7=CC(=O)C=C[C@]7(C)C6[C@@H](O)C[C@]5(C)[C@]4(C(=O)CO)O3)cc2)c1. The Balaban J connectivity index is 0.906. The summed E-state index contributed by atoms with van der Waals surface area (Å²) in [5.41, 5.74) is 1.38. The van der Waals surface area contributed by atoms with E-state index in [0.717, 1.165) is 36.0 Å². The molecule has 0 bridgehead atoms. The number of allylic oxidation sites excluding steroid dienone is 4. The molecule has 0 aromatic heterocycles. The molecule has 1 aliphatic heterocycles. The minimum atomic E-state index is -1.46. The van der Waals surface area contributed by atoms with Crippen molar-refractivity contribution >= 4 is 58.6 Å². The molecule has 1 heterocycles. The zero-order valence-corrected chi connectivity index (χ0v) is 40.9. The Bertz CT molecular complexity index is 2390. The average molecular weight is 971 g/mol. The number of rotatable bonds is 19. The van der Waals surface area contributed by atoms with Crippen LogP contribution in [-0.4, -0.2) is 110 Å². The normalized spacial score (nSPS) is 30.5. The quantitative estimate of drug-likeness (QED) is 0.101. The zero-order chi connectivity index (χ0) is 50.0. The van der Waals surface area contributed by atoms with E-state index in [0.29, 0.717) is 24.1 Å². The van der Waals surface area contributed by atoms with Crippen molar-refractivity contribution in [2.45, 2.75) is 140 Å². The number of fused-ring (bicyclic) bond motifs is 7. The minimum absolute atomic E-state index is 0.0160. The van der Waals surface area contributed by atoms with Gasteiger partial charge in [0.25, 0.3) is 0 Å². The number of carbonyl (C=O) groups is 7. The molecule has 7 N–H and O–H groups in total. The third-order valence-electron chi connectivity index (χ3n) is 15.4. The Hall–Kier alpha value is -5.20. The molecule has 4 aliphatic carbocycles. The van der Waals surface area contributed by atoms with Crippen LogP contribution in [0.15, 0.2) is 72.3 Å². The van der Waals surface area contributed by atoms with Gasteiger partial charge in [-0.15, -0.1) is 11.8 Å². The first kappa shape index (κ1) is 51.6. The first-order valence-corrected chi connectivity index (χ1v) is 25.0. The number of Topliss-reactive ketones (excluding diaryl/α,β-unsaturated/α-hetero) is 1. The molecule has 1 saturated heterocycles. The maximum Gasteiger partial charge on any atom is 0.305 e. The topological polar surface area (TPSA) is 247 Å². The monoisotopic (exact) mass is 970 g/mol. The van der Waals surface area contributed by atoms with Gasteiger partial charge in [-0.1, -0.05) is 75.7 Å². The van der Waals surface area contributed by atoms with Gasteiger partial charge in [0, 0.05) is 46.2 Å².